The first-order valence-electron chi connectivity index (χ1n) is 6.41. The number of amides is 1. The Morgan fingerprint density at radius 1 is 1.50 bits per heavy atom. The van der Waals surface area contributed by atoms with Gasteiger partial charge in [-0.3, -0.25) is 10.1 Å². The van der Waals surface area contributed by atoms with Crippen LogP contribution in [0.25, 0.3) is 6.08 Å². The molecule has 0 saturated carbocycles. The summed E-state index contributed by atoms with van der Waals surface area (Å²) in [6.07, 6.45) is 4.96. The van der Waals surface area contributed by atoms with Gasteiger partial charge in [-0.25, -0.2) is 0 Å². The Morgan fingerprint density at radius 3 is 3.14 bits per heavy atom. The van der Waals surface area contributed by atoms with Crippen LogP contribution in [0.3, 0.4) is 0 Å². The van der Waals surface area contributed by atoms with E-state index in [0.29, 0.717) is 5.13 Å². The minimum Gasteiger partial charge on any atom is -0.497 e. The Morgan fingerprint density at radius 2 is 2.36 bits per heavy atom. The molecule has 0 bridgehead atoms. The summed E-state index contributed by atoms with van der Waals surface area (Å²) in [6.45, 7) is 3.64. The molecule has 1 N–H and O–H groups in total. The number of methoxy groups -OCH3 is 1. The van der Waals surface area contributed by atoms with Gasteiger partial charge in [0.05, 0.1) is 7.11 Å². The molecule has 0 unspecified atom stereocenters. The van der Waals surface area contributed by atoms with Crippen molar-refractivity contribution in [1.29, 1.82) is 0 Å². The van der Waals surface area contributed by atoms with Gasteiger partial charge in [0.15, 0.2) is 4.34 Å². The van der Waals surface area contributed by atoms with Crippen molar-refractivity contribution in [2.45, 2.75) is 4.34 Å². The zero-order chi connectivity index (χ0) is 15.8. The first-order valence-corrected chi connectivity index (χ1v) is 8.22. The summed E-state index contributed by atoms with van der Waals surface area (Å²) in [6, 6.07) is 7.45. The molecule has 1 aromatic heterocycles. The van der Waals surface area contributed by atoms with Gasteiger partial charge in [-0.1, -0.05) is 41.3 Å². The number of ether oxygens (including phenoxy) is 1. The highest BCUT2D eigenvalue weighted by Gasteiger charge is 2.06. The highest BCUT2D eigenvalue weighted by molar-refractivity contribution is 8.01. The summed E-state index contributed by atoms with van der Waals surface area (Å²) in [5, 5.41) is 11.1. The number of aromatic nitrogens is 2. The predicted molar refractivity (Wildman–Crippen MR) is 91.5 cm³/mol. The first-order chi connectivity index (χ1) is 10.7. The zero-order valence-electron chi connectivity index (χ0n) is 12.0. The second kappa shape index (κ2) is 8.35. The van der Waals surface area contributed by atoms with Crippen LogP contribution in [0.5, 0.6) is 5.75 Å². The average Bonchev–Trinajstić information content (AvgIpc) is 2.98. The van der Waals surface area contributed by atoms with Gasteiger partial charge in [0.2, 0.25) is 11.0 Å². The molecule has 0 aliphatic rings. The van der Waals surface area contributed by atoms with Crippen molar-refractivity contribution in [2.24, 2.45) is 0 Å². The monoisotopic (exact) mass is 333 g/mol. The van der Waals surface area contributed by atoms with Crippen molar-refractivity contribution in [3.63, 3.8) is 0 Å². The number of thioether (sulfide) groups is 1. The van der Waals surface area contributed by atoms with Crippen LogP contribution >= 0.6 is 23.1 Å². The fourth-order valence-corrected chi connectivity index (χ4v) is 3.03. The smallest absolute Gasteiger partial charge is 0.250 e. The standard InChI is InChI=1S/C15H15N3O2S2/c1-3-9-21-15-18-17-14(22-15)16-13(19)8-7-11-5-4-6-12(10-11)20-2/h3-8,10H,1,9H2,2H3,(H,16,17,19)/b8-7+. The van der Waals surface area contributed by atoms with Crippen LogP contribution < -0.4 is 10.1 Å². The Hall–Kier alpha value is -2.12. The Labute approximate surface area is 137 Å². The van der Waals surface area contributed by atoms with Gasteiger partial charge in [-0.15, -0.1) is 16.8 Å². The van der Waals surface area contributed by atoms with E-state index in [0.717, 1.165) is 21.4 Å². The van der Waals surface area contributed by atoms with E-state index in [2.05, 4.69) is 22.1 Å². The van der Waals surface area contributed by atoms with E-state index in [1.165, 1.54) is 29.2 Å². The van der Waals surface area contributed by atoms with Gasteiger partial charge in [-0.2, -0.15) is 0 Å². The van der Waals surface area contributed by atoms with Gasteiger partial charge in [0.1, 0.15) is 5.75 Å². The van der Waals surface area contributed by atoms with Crippen molar-refractivity contribution in [3.05, 3.63) is 48.6 Å². The summed E-state index contributed by atoms with van der Waals surface area (Å²) >= 11 is 2.86. The van der Waals surface area contributed by atoms with E-state index in [-0.39, 0.29) is 5.91 Å². The Kier molecular flexibility index (Phi) is 6.17. The quantitative estimate of drug-likeness (QED) is 0.364. The third kappa shape index (κ3) is 5.01. The van der Waals surface area contributed by atoms with E-state index in [9.17, 15) is 4.79 Å². The first kappa shape index (κ1) is 16.3. The van der Waals surface area contributed by atoms with Crippen molar-refractivity contribution in [1.82, 2.24) is 10.2 Å². The summed E-state index contributed by atoms with van der Waals surface area (Å²) in [5.41, 5.74) is 0.883. The number of nitrogens with one attached hydrogen (secondary N) is 1. The second-order valence-corrected chi connectivity index (χ2v) is 6.32. The molecule has 1 amide bonds. The van der Waals surface area contributed by atoms with Crippen LogP contribution in [-0.2, 0) is 4.79 Å². The highest BCUT2D eigenvalue weighted by Crippen LogP contribution is 2.25. The predicted octanol–water partition coefficient (Wildman–Crippen LogP) is 3.48. The maximum Gasteiger partial charge on any atom is 0.250 e. The molecule has 5 nitrogen and oxygen atoms in total. The molecule has 0 aliphatic heterocycles. The van der Waals surface area contributed by atoms with E-state index >= 15 is 0 Å². The number of hydrogen-bond donors (Lipinski definition) is 1. The SMILES string of the molecule is C=CCSc1nnc(NC(=O)/C=C/c2cccc(OC)c2)s1. The fourth-order valence-electron chi connectivity index (χ4n) is 1.51. The summed E-state index contributed by atoms with van der Waals surface area (Å²) < 4.78 is 5.93. The van der Waals surface area contributed by atoms with Gasteiger partial charge < -0.3 is 4.74 Å². The Balaban J connectivity index is 1.92. The summed E-state index contributed by atoms with van der Waals surface area (Å²) in [7, 11) is 1.60. The minimum atomic E-state index is -0.251. The number of rotatable bonds is 7. The molecular weight excluding hydrogens is 318 g/mol. The largest absolute Gasteiger partial charge is 0.497 e. The molecule has 0 atom stereocenters. The topological polar surface area (TPSA) is 64.1 Å². The van der Waals surface area contributed by atoms with Crippen LogP contribution in [-0.4, -0.2) is 29.0 Å². The number of hydrogen-bond acceptors (Lipinski definition) is 6. The molecule has 0 aliphatic carbocycles. The molecule has 7 heteroatoms. The van der Waals surface area contributed by atoms with Crippen molar-refractivity contribution in [2.75, 3.05) is 18.2 Å². The number of carbonyl (C=O) groups excluding carboxylic acids is 1. The van der Waals surface area contributed by atoms with Crippen LogP contribution in [0.15, 0.2) is 47.3 Å². The van der Waals surface area contributed by atoms with Crippen molar-refractivity contribution in [3.8, 4) is 5.75 Å². The summed E-state index contributed by atoms with van der Waals surface area (Å²) in [4.78, 5) is 11.9. The molecule has 0 spiro atoms. The maximum absolute atomic E-state index is 11.9. The van der Waals surface area contributed by atoms with Gasteiger partial charge >= 0.3 is 0 Å². The molecule has 1 heterocycles. The lowest BCUT2D eigenvalue weighted by Crippen LogP contribution is -2.07. The van der Waals surface area contributed by atoms with Crippen molar-refractivity contribution >= 4 is 40.2 Å². The molecule has 0 fully saturated rings. The summed E-state index contributed by atoms with van der Waals surface area (Å²) in [5.74, 6) is 1.26. The van der Waals surface area contributed by atoms with Gasteiger partial charge in [0.25, 0.3) is 0 Å². The van der Waals surface area contributed by atoms with E-state index in [4.69, 9.17) is 4.74 Å². The normalized spacial score (nSPS) is 10.6. The molecule has 0 radical (unpaired) electrons. The molecule has 22 heavy (non-hydrogen) atoms. The molecule has 1 aromatic carbocycles. The lowest BCUT2D eigenvalue weighted by Gasteiger charge is -2.00. The van der Waals surface area contributed by atoms with Crippen LogP contribution in [0.2, 0.25) is 0 Å². The fraction of sp³-hybridized carbons (Fsp3) is 0.133. The molecule has 2 rings (SSSR count). The van der Waals surface area contributed by atoms with Crippen LogP contribution in [0, 0.1) is 0 Å². The third-order valence-electron chi connectivity index (χ3n) is 2.48. The Bertz CT molecular complexity index is 683. The molecule has 114 valence electrons. The molecule has 0 saturated heterocycles. The number of benzene rings is 1. The minimum absolute atomic E-state index is 0.251. The lowest BCUT2D eigenvalue weighted by atomic mass is 10.2. The second-order valence-electron chi connectivity index (χ2n) is 4.07. The van der Waals surface area contributed by atoms with E-state index in [1.807, 2.05) is 24.3 Å². The van der Waals surface area contributed by atoms with Gasteiger partial charge in [-0.05, 0) is 23.8 Å². The van der Waals surface area contributed by atoms with Crippen LogP contribution in [0.1, 0.15) is 5.56 Å². The molecule has 2 aromatic rings. The highest BCUT2D eigenvalue weighted by atomic mass is 32.2. The van der Waals surface area contributed by atoms with Crippen LogP contribution in [0.4, 0.5) is 5.13 Å². The molecular formula is C15H15N3O2S2. The third-order valence-corrected chi connectivity index (χ3v) is 4.45. The average molecular weight is 333 g/mol. The lowest BCUT2D eigenvalue weighted by molar-refractivity contribution is -0.111. The van der Waals surface area contributed by atoms with E-state index in [1.54, 1.807) is 19.3 Å². The van der Waals surface area contributed by atoms with Gasteiger partial charge in [0, 0.05) is 11.8 Å². The number of carbonyl (C=O) groups is 1. The number of anilines is 1. The zero-order valence-corrected chi connectivity index (χ0v) is 13.6. The van der Waals surface area contributed by atoms with E-state index < -0.39 is 0 Å². The maximum atomic E-state index is 11.9. The van der Waals surface area contributed by atoms with Crippen molar-refractivity contribution < 1.29 is 9.53 Å². The number of nitrogens with zero attached hydrogens (tertiary/aromatic N) is 2.